The Bertz CT molecular complexity index is 510. The van der Waals surface area contributed by atoms with Crippen LogP contribution >= 0.6 is 11.6 Å². The highest BCUT2D eigenvalue weighted by Crippen LogP contribution is 2.33. The molecule has 1 N–H and O–H groups in total. The molecule has 0 heterocycles. The first-order valence-electron chi connectivity index (χ1n) is 6.31. The van der Waals surface area contributed by atoms with Crippen LogP contribution in [0.4, 0.5) is 18.9 Å². The number of halogens is 4. The van der Waals surface area contributed by atoms with Gasteiger partial charge in [-0.2, -0.15) is 13.2 Å². The van der Waals surface area contributed by atoms with Crippen molar-refractivity contribution in [2.75, 3.05) is 11.9 Å². The third-order valence-electron chi connectivity index (χ3n) is 2.36. The van der Waals surface area contributed by atoms with Crippen LogP contribution in [0.1, 0.15) is 32.8 Å². The minimum absolute atomic E-state index is 0.0472. The Kier molecular flexibility index (Phi) is 5.50. The molecular weight excluding hydrogens is 307 g/mol. The van der Waals surface area contributed by atoms with Crippen LogP contribution in [-0.4, -0.2) is 18.1 Å². The van der Waals surface area contributed by atoms with E-state index < -0.39 is 23.3 Å². The van der Waals surface area contributed by atoms with Crippen molar-refractivity contribution in [1.29, 1.82) is 0 Å². The van der Waals surface area contributed by atoms with Crippen molar-refractivity contribution in [3.05, 3.63) is 28.8 Å². The SMILES string of the molecule is CC(C)(C)OC(=O)CCNc1ccc(C(F)(F)F)cc1Cl. The van der Waals surface area contributed by atoms with E-state index in [1.807, 2.05) is 0 Å². The third kappa shape index (κ3) is 6.25. The van der Waals surface area contributed by atoms with Crippen molar-refractivity contribution in [2.24, 2.45) is 0 Å². The summed E-state index contributed by atoms with van der Waals surface area (Å²) in [6.45, 7) is 5.49. The van der Waals surface area contributed by atoms with E-state index in [0.717, 1.165) is 12.1 Å². The molecule has 0 saturated carbocycles. The largest absolute Gasteiger partial charge is 0.460 e. The quantitative estimate of drug-likeness (QED) is 0.829. The maximum absolute atomic E-state index is 12.5. The maximum Gasteiger partial charge on any atom is 0.416 e. The van der Waals surface area contributed by atoms with Gasteiger partial charge >= 0.3 is 12.1 Å². The van der Waals surface area contributed by atoms with Gasteiger partial charge in [-0.05, 0) is 39.0 Å². The van der Waals surface area contributed by atoms with E-state index in [9.17, 15) is 18.0 Å². The molecule has 0 aliphatic heterocycles. The average molecular weight is 324 g/mol. The molecule has 7 heteroatoms. The Morgan fingerprint density at radius 1 is 1.29 bits per heavy atom. The molecule has 1 rings (SSSR count). The Hall–Kier alpha value is -1.43. The third-order valence-corrected chi connectivity index (χ3v) is 2.67. The van der Waals surface area contributed by atoms with Gasteiger partial charge in [-0.1, -0.05) is 11.6 Å². The second-order valence-corrected chi connectivity index (χ2v) is 5.86. The van der Waals surface area contributed by atoms with E-state index in [4.69, 9.17) is 16.3 Å². The summed E-state index contributed by atoms with van der Waals surface area (Å²) in [5.74, 6) is -0.391. The Balaban J connectivity index is 2.55. The highest BCUT2D eigenvalue weighted by Gasteiger charge is 2.30. The minimum atomic E-state index is -4.43. The molecule has 118 valence electrons. The molecule has 0 unspecified atom stereocenters. The van der Waals surface area contributed by atoms with Crippen molar-refractivity contribution < 1.29 is 22.7 Å². The summed E-state index contributed by atoms with van der Waals surface area (Å²) >= 11 is 5.78. The van der Waals surface area contributed by atoms with Gasteiger partial charge in [0.2, 0.25) is 0 Å². The van der Waals surface area contributed by atoms with E-state index in [1.165, 1.54) is 6.07 Å². The van der Waals surface area contributed by atoms with Gasteiger partial charge in [0, 0.05) is 6.54 Å². The van der Waals surface area contributed by atoms with Crippen LogP contribution in [0.5, 0.6) is 0 Å². The van der Waals surface area contributed by atoms with E-state index in [-0.39, 0.29) is 18.0 Å². The van der Waals surface area contributed by atoms with Crippen LogP contribution in [0.15, 0.2) is 18.2 Å². The second kappa shape index (κ2) is 6.56. The van der Waals surface area contributed by atoms with E-state index in [0.29, 0.717) is 5.69 Å². The lowest BCUT2D eigenvalue weighted by atomic mass is 10.2. The molecule has 0 spiro atoms. The lowest BCUT2D eigenvalue weighted by Gasteiger charge is -2.19. The topological polar surface area (TPSA) is 38.3 Å². The molecule has 21 heavy (non-hydrogen) atoms. The van der Waals surface area contributed by atoms with Gasteiger partial charge in [0.25, 0.3) is 0 Å². The number of anilines is 1. The van der Waals surface area contributed by atoms with Gasteiger partial charge in [-0.3, -0.25) is 4.79 Å². The lowest BCUT2D eigenvalue weighted by molar-refractivity contribution is -0.154. The normalized spacial score (nSPS) is 12.1. The summed E-state index contributed by atoms with van der Waals surface area (Å²) in [7, 11) is 0. The number of esters is 1. The highest BCUT2D eigenvalue weighted by atomic mass is 35.5. The molecular formula is C14H17ClF3NO2. The van der Waals surface area contributed by atoms with Crippen LogP contribution in [0.2, 0.25) is 5.02 Å². The lowest BCUT2D eigenvalue weighted by Crippen LogP contribution is -2.25. The molecule has 0 aromatic heterocycles. The monoisotopic (exact) mass is 323 g/mol. The minimum Gasteiger partial charge on any atom is -0.460 e. The molecule has 3 nitrogen and oxygen atoms in total. The summed E-state index contributed by atoms with van der Waals surface area (Å²) in [5.41, 5.74) is -1.04. The number of alkyl halides is 3. The fraction of sp³-hybridized carbons (Fsp3) is 0.500. The van der Waals surface area contributed by atoms with Gasteiger partial charge in [0.1, 0.15) is 5.60 Å². The average Bonchev–Trinajstić information content (AvgIpc) is 2.27. The van der Waals surface area contributed by atoms with Crippen LogP contribution in [-0.2, 0) is 15.7 Å². The Morgan fingerprint density at radius 3 is 2.38 bits per heavy atom. The fourth-order valence-electron chi connectivity index (χ4n) is 1.53. The number of benzene rings is 1. The number of carbonyl (C=O) groups excluding carboxylic acids is 1. The number of carbonyl (C=O) groups is 1. The highest BCUT2D eigenvalue weighted by molar-refractivity contribution is 6.33. The van der Waals surface area contributed by atoms with E-state index in [1.54, 1.807) is 20.8 Å². The van der Waals surface area contributed by atoms with Gasteiger partial charge < -0.3 is 10.1 Å². The molecule has 0 radical (unpaired) electrons. The van der Waals surface area contributed by atoms with Gasteiger partial charge in [-0.15, -0.1) is 0 Å². The van der Waals surface area contributed by atoms with Crippen LogP contribution < -0.4 is 5.32 Å². The first-order chi connectivity index (χ1) is 9.49. The van der Waals surface area contributed by atoms with E-state index >= 15 is 0 Å². The molecule has 1 aromatic carbocycles. The van der Waals surface area contributed by atoms with Crippen LogP contribution in [0.25, 0.3) is 0 Å². The van der Waals surface area contributed by atoms with Gasteiger partial charge in [0.05, 0.1) is 22.7 Å². The summed E-state index contributed by atoms with van der Waals surface area (Å²) < 4.78 is 42.5. The molecule has 0 saturated heterocycles. The molecule has 0 fully saturated rings. The van der Waals surface area contributed by atoms with Crippen LogP contribution in [0, 0.1) is 0 Å². The predicted molar refractivity (Wildman–Crippen MR) is 75.4 cm³/mol. The van der Waals surface area contributed by atoms with Crippen molar-refractivity contribution in [3.8, 4) is 0 Å². The zero-order valence-corrected chi connectivity index (χ0v) is 12.7. The first-order valence-corrected chi connectivity index (χ1v) is 6.69. The van der Waals surface area contributed by atoms with Gasteiger partial charge in [0.15, 0.2) is 0 Å². The van der Waals surface area contributed by atoms with Crippen LogP contribution in [0.3, 0.4) is 0 Å². The number of rotatable bonds is 4. The standard InChI is InChI=1S/C14H17ClF3NO2/c1-13(2,3)21-12(20)6-7-19-11-5-4-9(8-10(11)15)14(16,17)18/h4-5,8,19H,6-7H2,1-3H3. The zero-order chi connectivity index (χ0) is 16.3. The second-order valence-electron chi connectivity index (χ2n) is 5.46. The Morgan fingerprint density at radius 2 is 1.90 bits per heavy atom. The molecule has 0 bridgehead atoms. The first kappa shape index (κ1) is 17.6. The predicted octanol–water partition coefficient (Wildman–Crippen LogP) is 4.50. The molecule has 0 atom stereocenters. The summed E-state index contributed by atoms with van der Waals surface area (Å²) in [6.07, 6.45) is -4.34. The Labute approximate surface area is 126 Å². The van der Waals surface area contributed by atoms with E-state index in [2.05, 4.69) is 5.32 Å². The molecule has 0 aliphatic carbocycles. The number of hydrogen-bond donors (Lipinski definition) is 1. The number of nitrogens with one attached hydrogen (secondary N) is 1. The number of ether oxygens (including phenoxy) is 1. The summed E-state index contributed by atoms with van der Waals surface area (Å²) in [5, 5.41) is 2.76. The number of hydrogen-bond acceptors (Lipinski definition) is 3. The van der Waals surface area contributed by atoms with Crippen molar-refractivity contribution in [1.82, 2.24) is 0 Å². The summed E-state index contributed by atoms with van der Waals surface area (Å²) in [6, 6.07) is 3.01. The summed E-state index contributed by atoms with van der Waals surface area (Å²) in [4.78, 5) is 11.5. The molecule has 0 aliphatic rings. The smallest absolute Gasteiger partial charge is 0.416 e. The molecule has 0 amide bonds. The zero-order valence-electron chi connectivity index (χ0n) is 12.0. The maximum atomic E-state index is 12.5. The fourth-order valence-corrected chi connectivity index (χ4v) is 1.77. The van der Waals surface area contributed by atoms with Crippen molar-refractivity contribution >= 4 is 23.3 Å². The van der Waals surface area contributed by atoms with Crippen molar-refractivity contribution in [3.63, 3.8) is 0 Å². The molecule has 1 aromatic rings. The van der Waals surface area contributed by atoms with Gasteiger partial charge in [-0.25, -0.2) is 0 Å². The van der Waals surface area contributed by atoms with Crippen molar-refractivity contribution in [2.45, 2.75) is 39.0 Å².